The number of methoxy groups -OCH3 is 2. The van der Waals surface area contributed by atoms with Crippen LogP contribution in [0.25, 0.3) is 0 Å². The molecule has 0 saturated carbocycles. The summed E-state index contributed by atoms with van der Waals surface area (Å²) in [6.07, 6.45) is 0.426. The molecule has 2 aromatic carbocycles. The molecule has 2 heterocycles. The SMILES string of the molecule is COCc1ccc(C(=O)N2CC(=O)N(CCc3ccccc3)C[C@@H](OCc3cccc(OC)c3)C2)s1. The van der Waals surface area contributed by atoms with Crippen LogP contribution in [0.1, 0.15) is 25.7 Å². The van der Waals surface area contributed by atoms with Crippen molar-refractivity contribution in [2.24, 2.45) is 0 Å². The lowest BCUT2D eigenvalue weighted by atomic mass is 10.1. The zero-order valence-corrected chi connectivity index (χ0v) is 21.5. The zero-order chi connectivity index (χ0) is 25.3. The van der Waals surface area contributed by atoms with Crippen molar-refractivity contribution in [1.29, 1.82) is 0 Å². The van der Waals surface area contributed by atoms with E-state index in [-0.39, 0.29) is 24.5 Å². The van der Waals surface area contributed by atoms with Crippen molar-refractivity contribution in [2.75, 3.05) is 40.4 Å². The summed E-state index contributed by atoms with van der Waals surface area (Å²) >= 11 is 1.40. The van der Waals surface area contributed by atoms with Gasteiger partial charge in [-0.05, 0) is 41.8 Å². The number of hydrogen-bond donors (Lipinski definition) is 0. The van der Waals surface area contributed by atoms with Gasteiger partial charge in [-0.25, -0.2) is 0 Å². The number of carbonyl (C=O) groups excluding carboxylic acids is 2. The smallest absolute Gasteiger partial charge is 0.264 e. The predicted molar refractivity (Wildman–Crippen MR) is 139 cm³/mol. The number of benzene rings is 2. The molecule has 0 spiro atoms. The topological polar surface area (TPSA) is 68.3 Å². The van der Waals surface area contributed by atoms with E-state index in [4.69, 9.17) is 14.2 Å². The quantitative estimate of drug-likeness (QED) is 0.414. The lowest BCUT2D eigenvalue weighted by Crippen LogP contribution is -2.39. The lowest BCUT2D eigenvalue weighted by molar-refractivity contribution is -0.131. The summed E-state index contributed by atoms with van der Waals surface area (Å²) in [6, 6.07) is 21.5. The second-order valence-corrected chi connectivity index (χ2v) is 9.91. The summed E-state index contributed by atoms with van der Waals surface area (Å²) in [6.45, 7) is 2.19. The van der Waals surface area contributed by atoms with Gasteiger partial charge in [0.2, 0.25) is 5.91 Å². The van der Waals surface area contributed by atoms with Crippen LogP contribution in [0.4, 0.5) is 0 Å². The van der Waals surface area contributed by atoms with E-state index in [1.54, 1.807) is 25.2 Å². The highest BCUT2D eigenvalue weighted by Gasteiger charge is 2.31. The zero-order valence-electron chi connectivity index (χ0n) is 20.7. The third-order valence-electron chi connectivity index (χ3n) is 6.11. The Labute approximate surface area is 216 Å². The molecule has 7 nitrogen and oxygen atoms in total. The maximum Gasteiger partial charge on any atom is 0.264 e. The monoisotopic (exact) mass is 508 g/mol. The number of nitrogens with zero attached hydrogens (tertiary/aromatic N) is 2. The Morgan fingerprint density at radius 1 is 0.972 bits per heavy atom. The number of hydrogen-bond acceptors (Lipinski definition) is 6. The van der Waals surface area contributed by atoms with Gasteiger partial charge < -0.3 is 24.0 Å². The van der Waals surface area contributed by atoms with Gasteiger partial charge in [-0.2, -0.15) is 0 Å². The highest BCUT2D eigenvalue weighted by molar-refractivity contribution is 7.14. The molecule has 0 unspecified atom stereocenters. The molecule has 1 saturated heterocycles. The van der Waals surface area contributed by atoms with Crippen LogP contribution in [0.5, 0.6) is 5.75 Å². The average molecular weight is 509 g/mol. The van der Waals surface area contributed by atoms with Crippen LogP contribution in [-0.2, 0) is 33.9 Å². The van der Waals surface area contributed by atoms with Crippen molar-refractivity contribution in [3.63, 3.8) is 0 Å². The Morgan fingerprint density at radius 3 is 2.56 bits per heavy atom. The first-order chi connectivity index (χ1) is 17.6. The van der Waals surface area contributed by atoms with Crippen LogP contribution in [0, 0.1) is 0 Å². The molecule has 4 rings (SSSR count). The third-order valence-corrected chi connectivity index (χ3v) is 7.15. The van der Waals surface area contributed by atoms with Crippen LogP contribution >= 0.6 is 11.3 Å². The molecule has 0 aliphatic carbocycles. The Balaban J connectivity index is 1.49. The summed E-state index contributed by atoms with van der Waals surface area (Å²) in [7, 11) is 3.26. The molecule has 0 N–H and O–H groups in total. The maximum absolute atomic E-state index is 13.4. The van der Waals surface area contributed by atoms with E-state index in [0.29, 0.717) is 37.7 Å². The van der Waals surface area contributed by atoms with E-state index in [1.165, 1.54) is 16.9 Å². The molecule has 190 valence electrons. The largest absolute Gasteiger partial charge is 0.497 e. The molecule has 1 aliphatic heterocycles. The van der Waals surface area contributed by atoms with Crippen LogP contribution in [0.15, 0.2) is 66.7 Å². The molecule has 36 heavy (non-hydrogen) atoms. The second-order valence-electron chi connectivity index (χ2n) is 8.74. The van der Waals surface area contributed by atoms with Crippen LogP contribution < -0.4 is 4.74 Å². The van der Waals surface area contributed by atoms with Crippen molar-refractivity contribution in [3.8, 4) is 5.75 Å². The minimum atomic E-state index is -0.319. The molecule has 0 bridgehead atoms. The molecule has 1 aliphatic rings. The van der Waals surface area contributed by atoms with Gasteiger partial charge in [-0.3, -0.25) is 9.59 Å². The fraction of sp³-hybridized carbons (Fsp3) is 0.357. The highest BCUT2D eigenvalue weighted by atomic mass is 32.1. The van der Waals surface area contributed by atoms with Gasteiger partial charge in [-0.15, -0.1) is 11.3 Å². The summed E-state index contributed by atoms with van der Waals surface area (Å²) < 4.78 is 16.8. The lowest BCUT2D eigenvalue weighted by Gasteiger charge is -2.25. The fourth-order valence-electron chi connectivity index (χ4n) is 4.21. The first-order valence-electron chi connectivity index (χ1n) is 12.0. The Bertz CT molecular complexity index is 1150. The molecule has 3 aromatic rings. The minimum Gasteiger partial charge on any atom is -0.497 e. The first kappa shape index (κ1) is 25.9. The number of rotatable bonds is 10. The van der Waals surface area contributed by atoms with Crippen molar-refractivity contribution >= 4 is 23.2 Å². The number of amides is 2. The number of ether oxygens (including phenoxy) is 3. The van der Waals surface area contributed by atoms with E-state index in [9.17, 15) is 9.59 Å². The van der Waals surface area contributed by atoms with Crippen LogP contribution in [0.3, 0.4) is 0 Å². The second kappa shape index (κ2) is 12.7. The molecule has 2 amide bonds. The molecule has 0 radical (unpaired) electrons. The summed E-state index contributed by atoms with van der Waals surface area (Å²) in [5.41, 5.74) is 2.14. The molecule has 1 aromatic heterocycles. The van der Waals surface area contributed by atoms with Gasteiger partial charge in [0.1, 0.15) is 12.3 Å². The van der Waals surface area contributed by atoms with Gasteiger partial charge in [0, 0.05) is 31.6 Å². The number of thiophene rings is 1. The third kappa shape index (κ3) is 6.94. The van der Waals surface area contributed by atoms with Gasteiger partial charge >= 0.3 is 0 Å². The summed E-state index contributed by atoms with van der Waals surface area (Å²) in [4.78, 5) is 31.6. The average Bonchev–Trinajstić information content (AvgIpc) is 3.31. The van der Waals surface area contributed by atoms with Crippen molar-refractivity contribution in [2.45, 2.75) is 25.7 Å². The Morgan fingerprint density at radius 2 is 1.78 bits per heavy atom. The molecule has 8 heteroatoms. The van der Waals surface area contributed by atoms with E-state index in [0.717, 1.165) is 22.6 Å². The van der Waals surface area contributed by atoms with E-state index >= 15 is 0 Å². The highest BCUT2D eigenvalue weighted by Crippen LogP contribution is 2.22. The van der Waals surface area contributed by atoms with E-state index < -0.39 is 0 Å². The Hall–Kier alpha value is -3.20. The van der Waals surface area contributed by atoms with E-state index in [2.05, 4.69) is 12.1 Å². The minimum absolute atomic E-state index is 0.0319. The van der Waals surface area contributed by atoms with Crippen LogP contribution in [0.2, 0.25) is 0 Å². The molecular formula is C28H32N2O5S. The maximum atomic E-state index is 13.4. The fourth-order valence-corrected chi connectivity index (χ4v) is 5.16. The van der Waals surface area contributed by atoms with Crippen molar-refractivity contribution in [3.05, 3.63) is 87.6 Å². The summed E-state index contributed by atoms with van der Waals surface area (Å²) in [5, 5.41) is 0. The Kier molecular flexibility index (Phi) is 9.11. The number of carbonyl (C=O) groups is 2. The van der Waals surface area contributed by atoms with Crippen LogP contribution in [-0.4, -0.2) is 68.1 Å². The van der Waals surface area contributed by atoms with E-state index in [1.807, 2.05) is 53.4 Å². The van der Waals surface area contributed by atoms with Gasteiger partial charge in [0.25, 0.3) is 5.91 Å². The normalized spacial score (nSPS) is 16.2. The van der Waals surface area contributed by atoms with Crippen molar-refractivity contribution in [1.82, 2.24) is 9.80 Å². The molecular weight excluding hydrogens is 476 g/mol. The van der Waals surface area contributed by atoms with Gasteiger partial charge in [0.15, 0.2) is 0 Å². The standard InChI is InChI=1S/C28H32N2O5S/c1-33-20-25-11-12-26(36-25)28(32)30-17-24(35-19-22-9-6-10-23(15-22)34-2)16-29(27(31)18-30)14-13-21-7-4-3-5-8-21/h3-12,15,24H,13-14,16-20H2,1-2H3/t24-/m1/s1. The van der Waals surface area contributed by atoms with Gasteiger partial charge in [0.05, 0.1) is 31.3 Å². The van der Waals surface area contributed by atoms with Gasteiger partial charge in [-0.1, -0.05) is 42.5 Å². The first-order valence-corrected chi connectivity index (χ1v) is 12.8. The summed E-state index contributed by atoms with van der Waals surface area (Å²) in [5.74, 6) is 0.536. The molecule has 1 atom stereocenters. The predicted octanol–water partition coefficient (Wildman–Crippen LogP) is 4.02. The molecule has 1 fully saturated rings. The van der Waals surface area contributed by atoms with Crippen molar-refractivity contribution < 1.29 is 23.8 Å².